The fraction of sp³-hybridized carbons (Fsp3) is 0.185. The largest absolute Gasteiger partial charge is 0.507 e. The van der Waals surface area contributed by atoms with E-state index in [1.807, 2.05) is 61.5 Å². The number of aryl methyl sites for hydroxylation is 1. The van der Waals surface area contributed by atoms with Crippen LogP contribution >= 0.6 is 0 Å². The third-order valence-electron chi connectivity index (χ3n) is 5.78. The molecule has 0 bridgehead atoms. The van der Waals surface area contributed by atoms with E-state index in [0.717, 1.165) is 16.7 Å². The van der Waals surface area contributed by atoms with Crippen molar-refractivity contribution >= 4 is 17.4 Å². The number of rotatable bonds is 6. The Morgan fingerprint density at radius 1 is 0.938 bits per heavy atom. The normalized spacial score (nSPS) is 17.6. The molecule has 0 radical (unpaired) electrons. The third kappa shape index (κ3) is 4.14. The first kappa shape index (κ1) is 21.4. The Morgan fingerprint density at radius 3 is 2.22 bits per heavy atom. The maximum Gasteiger partial charge on any atom is 0.295 e. The van der Waals surface area contributed by atoms with Crippen LogP contribution in [0.3, 0.4) is 0 Å². The first-order valence-corrected chi connectivity index (χ1v) is 10.5. The van der Waals surface area contributed by atoms with Gasteiger partial charge in [0.1, 0.15) is 11.5 Å². The van der Waals surface area contributed by atoms with Crippen LogP contribution in [0.5, 0.6) is 5.75 Å². The van der Waals surface area contributed by atoms with Gasteiger partial charge in [0.25, 0.3) is 11.7 Å². The predicted octanol–water partition coefficient (Wildman–Crippen LogP) is 4.67. The molecule has 162 valence electrons. The van der Waals surface area contributed by atoms with Crippen LogP contribution in [0.15, 0.2) is 84.4 Å². The molecular weight excluding hydrogens is 402 g/mol. The van der Waals surface area contributed by atoms with Gasteiger partial charge in [0, 0.05) is 12.1 Å². The van der Waals surface area contributed by atoms with Crippen molar-refractivity contribution in [2.24, 2.45) is 0 Å². The van der Waals surface area contributed by atoms with Crippen molar-refractivity contribution in [3.05, 3.63) is 107 Å². The topological polar surface area (TPSA) is 66.8 Å². The Morgan fingerprint density at radius 2 is 1.59 bits per heavy atom. The van der Waals surface area contributed by atoms with E-state index < -0.39 is 17.7 Å². The lowest BCUT2D eigenvalue weighted by Gasteiger charge is -2.25. The van der Waals surface area contributed by atoms with Crippen molar-refractivity contribution in [3.63, 3.8) is 0 Å². The van der Waals surface area contributed by atoms with Crippen LogP contribution in [-0.2, 0) is 16.0 Å². The summed E-state index contributed by atoms with van der Waals surface area (Å²) >= 11 is 0. The number of hydrogen-bond acceptors (Lipinski definition) is 4. The summed E-state index contributed by atoms with van der Waals surface area (Å²) in [6, 6.07) is 23.6. The highest BCUT2D eigenvalue weighted by Gasteiger charge is 2.45. The van der Waals surface area contributed by atoms with E-state index in [9.17, 15) is 14.7 Å². The zero-order valence-corrected chi connectivity index (χ0v) is 18.1. The average molecular weight is 428 g/mol. The highest BCUT2D eigenvalue weighted by atomic mass is 16.5. The van der Waals surface area contributed by atoms with Gasteiger partial charge in [-0.25, -0.2) is 0 Å². The lowest BCUT2D eigenvalue weighted by Crippen LogP contribution is -2.31. The summed E-state index contributed by atoms with van der Waals surface area (Å²) in [5, 5.41) is 11.1. The maximum absolute atomic E-state index is 13.1. The van der Waals surface area contributed by atoms with Crippen LogP contribution in [0.25, 0.3) is 5.76 Å². The molecule has 0 unspecified atom stereocenters. The number of aliphatic hydroxyl groups excluding tert-OH is 1. The van der Waals surface area contributed by atoms with Crippen molar-refractivity contribution in [1.29, 1.82) is 0 Å². The van der Waals surface area contributed by atoms with Gasteiger partial charge in [-0.2, -0.15) is 0 Å². The fourth-order valence-corrected chi connectivity index (χ4v) is 4.00. The van der Waals surface area contributed by atoms with Gasteiger partial charge in [0.2, 0.25) is 0 Å². The van der Waals surface area contributed by atoms with E-state index in [1.165, 1.54) is 0 Å². The van der Waals surface area contributed by atoms with E-state index in [0.29, 0.717) is 24.3 Å². The molecule has 3 aromatic carbocycles. The van der Waals surface area contributed by atoms with Crippen LogP contribution in [0.4, 0.5) is 0 Å². The molecule has 5 heteroatoms. The molecule has 0 spiro atoms. The summed E-state index contributed by atoms with van der Waals surface area (Å²) < 4.78 is 5.25. The summed E-state index contributed by atoms with van der Waals surface area (Å²) in [5.41, 5.74) is 3.47. The zero-order valence-electron chi connectivity index (χ0n) is 18.1. The van der Waals surface area contributed by atoms with Gasteiger partial charge in [-0.05, 0) is 36.6 Å². The molecule has 4 rings (SSSR count). The molecule has 1 atom stereocenters. The van der Waals surface area contributed by atoms with Crippen LogP contribution in [0.2, 0.25) is 0 Å². The highest BCUT2D eigenvalue weighted by Crippen LogP contribution is 2.39. The molecule has 1 heterocycles. The number of carbonyl (C=O) groups excluding carboxylic acids is 2. The minimum Gasteiger partial charge on any atom is -0.507 e. The zero-order chi connectivity index (χ0) is 22.7. The van der Waals surface area contributed by atoms with Crippen molar-refractivity contribution < 1.29 is 19.4 Å². The number of aliphatic hydroxyl groups is 1. The van der Waals surface area contributed by atoms with Crippen molar-refractivity contribution in [3.8, 4) is 5.75 Å². The molecule has 1 amide bonds. The van der Waals surface area contributed by atoms with Crippen LogP contribution in [-0.4, -0.2) is 35.4 Å². The number of carbonyl (C=O) groups is 2. The molecule has 5 nitrogen and oxygen atoms in total. The van der Waals surface area contributed by atoms with Gasteiger partial charge in [-0.15, -0.1) is 0 Å². The molecule has 0 aliphatic carbocycles. The highest BCUT2D eigenvalue weighted by molar-refractivity contribution is 6.46. The minimum atomic E-state index is -0.675. The number of amides is 1. The number of Topliss-reactive ketones (excluding diaryl/α,β-unsaturated/α-hetero) is 1. The molecule has 32 heavy (non-hydrogen) atoms. The van der Waals surface area contributed by atoms with Gasteiger partial charge in [-0.3, -0.25) is 9.59 Å². The van der Waals surface area contributed by atoms with Crippen LogP contribution < -0.4 is 4.74 Å². The van der Waals surface area contributed by atoms with Gasteiger partial charge in [0.05, 0.1) is 18.7 Å². The molecule has 1 fully saturated rings. The Kier molecular flexibility index (Phi) is 6.08. The predicted molar refractivity (Wildman–Crippen MR) is 123 cm³/mol. The number of benzene rings is 3. The first-order chi connectivity index (χ1) is 15.5. The van der Waals surface area contributed by atoms with E-state index >= 15 is 0 Å². The molecule has 1 aliphatic heterocycles. The number of ketones is 1. The van der Waals surface area contributed by atoms with Crippen molar-refractivity contribution in [2.75, 3.05) is 13.7 Å². The van der Waals surface area contributed by atoms with Gasteiger partial charge < -0.3 is 14.7 Å². The first-order valence-electron chi connectivity index (χ1n) is 10.5. The fourth-order valence-electron chi connectivity index (χ4n) is 4.00. The monoisotopic (exact) mass is 427 g/mol. The SMILES string of the molecule is COc1ccc([C@H]2/C(=C(\O)c3ccc(C)cc3)C(=O)C(=O)N2CCc2ccccc2)cc1. The van der Waals surface area contributed by atoms with Crippen molar-refractivity contribution in [1.82, 2.24) is 4.90 Å². The van der Waals surface area contributed by atoms with Crippen LogP contribution in [0, 0.1) is 6.92 Å². The Bertz CT molecular complexity index is 1150. The molecule has 0 aromatic heterocycles. The summed E-state index contributed by atoms with van der Waals surface area (Å²) in [7, 11) is 1.58. The second-order valence-corrected chi connectivity index (χ2v) is 7.87. The summed E-state index contributed by atoms with van der Waals surface area (Å²) in [6.07, 6.45) is 0.602. The maximum atomic E-state index is 13.1. The molecule has 1 aliphatic rings. The lowest BCUT2D eigenvalue weighted by atomic mass is 9.95. The minimum absolute atomic E-state index is 0.108. The van der Waals surface area contributed by atoms with Gasteiger partial charge in [-0.1, -0.05) is 72.3 Å². The van der Waals surface area contributed by atoms with E-state index in [1.54, 1.807) is 36.3 Å². The Labute approximate surface area is 187 Å². The Balaban J connectivity index is 1.77. The van der Waals surface area contributed by atoms with E-state index in [2.05, 4.69) is 0 Å². The molecule has 3 aromatic rings. The number of nitrogens with zero attached hydrogens (tertiary/aromatic N) is 1. The lowest BCUT2D eigenvalue weighted by molar-refractivity contribution is -0.139. The molecule has 0 saturated carbocycles. The molecule has 1 saturated heterocycles. The number of hydrogen-bond donors (Lipinski definition) is 1. The quantitative estimate of drug-likeness (QED) is 0.353. The van der Waals surface area contributed by atoms with Crippen LogP contribution in [0.1, 0.15) is 28.3 Å². The summed E-state index contributed by atoms with van der Waals surface area (Å²) in [4.78, 5) is 27.7. The standard InChI is InChI=1S/C27H25NO4/c1-18-8-10-21(11-9-18)25(29)23-24(20-12-14-22(32-2)15-13-20)28(27(31)26(23)30)17-16-19-6-4-3-5-7-19/h3-15,24,29H,16-17H2,1-2H3/b25-23+/t24-/m0/s1. The summed E-state index contributed by atoms with van der Waals surface area (Å²) in [5.74, 6) is -0.757. The number of ether oxygens (including phenoxy) is 1. The Hall–Kier alpha value is -3.86. The third-order valence-corrected chi connectivity index (χ3v) is 5.78. The molecular formula is C27H25NO4. The van der Waals surface area contributed by atoms with Gasteiger partial charge >= 0.3 is 0 Å². The van der Waals surface area contributed by atoms with E-state index in [-0.39, 0.29) is 11.3 Å². The second-order valence-electron chi connectivity index (χ2n) is 7.87. The average Bonchev–Trinajstić information content (AvgIpc) is 3.08. The number of likely N-dealkylation sites (tertiary alicyclic amines) is 1. The molecule has 1 N–H and O–H groups in total. The number of methoxy groups -OCH3 is 1. The van der Waals surface area contributed by atoms with Crippen molar-refractivity contribution in [2.45, 2.75) is 19.4 Å². The second kappa shape index (κ2) is 9.10. The van der Waals surface area contributed by atoms with Gasteiger partial charge in [0.15, 0.2) is 0 Å². The van der Waals surface area contributed by atoms with E-state index in [4.69, 9.17) is 4.74 Å². The summed E-state index contributed by atoms with van der Waals surface area (Å²) in [6.45, 7) is 2.31. The smallest absolute Gasteiger partial charge is 0.295 e.